The van der Waals surface area contributed by atoms with Gasteiger partial charge in [-0.05, 0) is 44.0 Å². The second kappa shape index (κ2) is 12.9. The average molecular weight is 621 g/mol. The number of thiazole rings is 1. The van der Waals surface area contributed by atoms with Crippen molar-refractivity contribution < 1.29 is 24.2 Å². The van der Waals surface area contributed by atoms with E-state index in [2.05, 4.69) is 21.8 Å². The molecular weight excluding hydrogens is 593 g/mol. The molecule has 42 heavy (non-hydrogen) atoms. The Labute approximate surface area is 255 Å². The van der Waals surface area contributed by atoms with E-state index in [0.29, 0.717) is 49.3 Å². The predicted molar refractivity (Wildman–Crippen MR) is 165 cm³/mol. The molecule has 0 saturated heterocycles. The molecule has 1 N–H and O–H groups in total. The van der Waals surface area contributed by atoms with Crippen LogP contribution in [0.3, 0.4) is 0 Å². The minimum absolute atomic E-state index is 0.0531. The minimum atomic E-state index is -0.987. The number of amides is 1. The number of aromatic nitrogens is 3. The monoisotopic (exact) mass is 620 g/mol. The highest BCUT2D eigenvalue weighted by atomic mass is 32.2. The van der Waals surface area contributed by atoms with E-state index in [1.807, 2.05) is 37.3 Å². The fourth-order valence-corrected chi connectivity index (χ4v) is 7.22. The summed E-state index contributed by atoms with van der Waals surface area (Å²) >= 11 is 3.93. The third-order valence-electron chi connectivity index (χ3n) is 6.31. The third kappa shape index (κ3) is 5.96. The van der Waals surface area contributed by atoms with Crippen LogP contribution in [0.2, 0.25) is 0 Å². The van der Waals surface area contributed by atoms with Crippen LogP contribution in [0.4, 0.5) is 5.13 Å². The maximum atomic E-state index is 14.0. The Kier molecular flexibility index (Phi) is 9.05. The number of benzene rings is 2. The maximum absolute atomic E-state index is 14.0. The van der Waals surface area contributed by atoms with Gasteiger partial charge in [-0.1, -0.05) is 72.2 Å². The summed E-state index contributed by atoms with van der Waals surface area (Å²) in [7, 11) is 0. The first-order valence-corrected chi connectivity index (χ1v) is 15.7. The SMILES string of the molecule is C=CCOc1ccc(C2C(C(=O)c3sc(C)nc3C)=C(O)C(=O)N2c2nnc(SCc3ccccc3)s2)cc1OCC. The van der Waals surface area contributed by atoms with Gasteiger partial charge in [0.2, 0.25) is 10.9 Å². The summed E-state index contributed by atoms with van der Waals surface area (Å²) in [5.41, 5.74) is 2.14. The fourth-order valence-electron chi connectivity index (χ4n) is 4.52. The van der Waals surface area contributed by atoms with Gasteiger partial charge in [0, 0.05) is 5.75 Å². The Hall–Kier alpha value is -4.00. The zero-order chi connectivity index (χ0) is 29.8. The molecule has 2 aromatic carbocycles. The van der Waals surface area contributed by atoms with E-state index in [1.54, 1.807) is 38.1 Å². The van der Waals surface area contributed by atoms with E-state index in [1.165, 1.54) is 39.3 Å². The lowest BCUT2D eigenvalue weighted by Gasteiger charge is -2.25. The fraction of sp³-hybridized carbons (Fsp3) is 0.233. The Morgan fingerprint density at radius 1 is 1.12 bits per heavy atom. The number of anilines is 1. The second-order valence-electron chi connectivity index (χ2n) is 9.18. The largest absolute Gasteiger partial charge is 0.503 e. The van der Waals surface area contributed by atoms with E-state index in [-0.39, 0.29) is 17.3 Å². The first-order valence-electron chi connectivity index (χ1n) is 13.1. The summed E-state index contributed by atoms with van der Waals surface area (Å²) in [6.45, 7) is 9.72. The molecule has 4 aromatic rings. The molecule has 9 nitrogen and oxygen atoms in total. The minimum Gasteiger partial charge on any atom is -0.503 e. The Balaban J connectivity index is 1.56. The number of hydrogen-bond donors (Lipinski definition) is 1. The molecule has 1 aliphatic rings. The van der Waals surface area contributed by atoms with Crippen molar-refractivity contribution in [2.24, 2.45) is 0 Å². The number of hydrogen-bond acceptors (Lipinski definition) is 11. The van der Waals surface area contributed by atoms with E-state index in [9.17, 15) is 14.7 Å². The Morgan fingerprint density at radius 3 is 2.60 bits per heavy atom. The number of aliphatic hydroxyl groups is 1. The molecule has 0 radical (unpaired) electrons. The Morgan fingerprint density at radius 2 is 1.90 bits per heavy atom. The van der Waals surface area contributed by atoms with Crippen LogP contribution in [0.15, 0.2) is 76.9 Å². The highest BCUT2D eigenvalue weighted by Crippen LogP contribution is 2.46. The number of ether oxygens (including phenoxy) is 2. The van der Waals surface area contributed by atoms with Crippen LogP contribution in [-0.4, -0.2) is 45.2 Å². The lowest BCUT2D eigenvalue weighted by Crippen LogP contribution is -2.31. The number of nitrogens with zero attached hydrogens (tertiary/aromatic N) is 4. The molecule has 1 atom stereocenters. The molecule has 2 aromatic heterocycles. The van der Waals surface area contributed by atoms with Crippen LogP contribution in [0.25, 0.3) is 0 Å². The average Bonchev–Trinajstić information content (AvgIpc) is 3.67. The van der Waals surface area contributed by atoms with Gasteiger partial charge in [-0.3, -0.25) is 14.5 Å². The first-order chi connectivity index (χ1) is 20.3. The topological polar surface area (TPSA) is 115 Å². The number of carbonyl (C=O) groups is 2. The van der Waals surface area contributed by atoms with E-state index in [4.69, 9.17) is 9.47 Å². The number of ketones is 1. The van der Waals surface area contributed by atoms with Crippen molar-refractivity contribution in [3.63, 3.8) is 0 Å². The van der Waals surface area contributed by atoms with Crippen LogP contribution in [0, 0.1) is 13.8 Å². The lowest BCUT2D eigenvalue weighted by atomic mass is 9.95. The molecule has 0 spiro atoms. The number of Topliss-reactive ketones (excluding diaryl/α,β-unsaturated/α-hetero) is 1. The third-order valence-corrected chi connectivity index (χ3v) is 9.51. The van der Waals surface area contributed by atoms with Crippen LogP contribution in [-0.2, 0) is 10.5 Å². The first kappa shape index (κ1) is 29.5. The Bertz CT molecular complexity index is 1660. The van der Waals surface area contributed by atoms with Crippen molar-refractivity contribution in [3.8, 4) is 11.5 Å². The lowest BCUT2D eigenvalue weighted by molar-refractivity contribution is -0.117. The molecule has 0 aliphatic carbocycles. The van der Waals surface area contributed by atoms with Crippen molar-refractivity contribution in [1.82, 2.24) is 15.2 Å². The van der Waals surface area contributed by atoms with Crippen molar-refractivity contribution in [2.75, 3.05) is 18.1 Å². The van der Waals surface area contributed by atoms with Crippen molar-refractivity contribution in [2.45, 2.75) is 36.9 Å². The summed E-state index contributed by atoms with van der Waals surface area (Å²) in [6.07, 6.45) is 1.63. The van der Waals surface area contributed by atoms with Gasteiger partial charge in [0.1, 0.15) is 6.61 Å². The number of thioether (sulfide) groups is 1. The standard InChI is InChI=1S/C30H28N4O5S3/c1-5-14-39-21-13-12-20(15-22(21)38-6-2)24-23(25(35)27-17(3)31-18(4)41-27)26(36)28(37)34(24)29-32-33-30(42-29)40-16-19-10-8-7-9-11-19/h5,7-13,15,24,36H,1,6,14,16H2,2-4H3. The smallest absolute Gasteiger partial charge is 0.296 e. The van der Waals surface area contributed by atoms with E-state index < -0.39 is 23.5 Å². The summed E-state index contributed by atoms with van der Waals surface area (Å²) in [4.78, 5) is 33.7. The van der Waals surface area contributed by atoms with Gasteiger partial charge >= 0.3 is 0 Å². The molecule has 1 unspecified atom stereocenters. The zero-order valence-corrected chi connectivity index (χ0v) is 25.6. The van der Waals surface area contributed by atoms with Gasteiger partial charge in [0.25, 0.3) is 5.91 Å². The van der Waals surface area contributed by atoms with Gasteiger partial charge in [-0.15, -0.1) is 21.5 Å². The van der Waals surface area contributed by atoms with Gasteiger partial charge in [0.05, 0.1) is 33.8 Å². The van der Waals surface area contributed by atoms with Crippen molar-refractivity contribution >= 4 is 51.3 Å². The van der Waals surface area contributed by atoms with Gasteiger partial charge in [-0.2, -0.15) is 0 Å². The summed E-state index contributed by atoms with van der Waals surface area (Å²) in [6, 6.07) is 14.1. The number of carbonyl (C=O) groups excluding carboxylic acids is 2. The molecular formula is C30H28N4O5S3. The van der Waals surface area contributed by atoms with E-state index >= 15 is 0 Å². The molecule has 216 valence electrons. The highest BCUT2D eigenvalue weighted by molar-refractivity contribution is 8.00. The summed E-state index contributed by atoms with van der Waals surface area (Å²) in [5, 5.41) is 20.8. The van der Waals surface area contributed by atoms with Crippen LogP contribution >= 0.6 is 34.4 Å². The molecule has 12 heteroatoms. The zero-order valence-electron chi connectivity index (χ0n) is 23.2. The van der Waals surface area contributed by atoms with Crippen LogP contribution < -0.4 is 14.4 Å². The van der Waals surface area contributed by atoms with Gasteiger partial charge in [0.15, 0.2) is 21.6 Å². The molecule has 1 aliphatic heterocycles. The summed E-state index contributed by atoms with van der Waals surface area (Å²) < 4.78 is 12.3. The molecule has 0 bridgehead atoms. The van der Waals surface area contributed by atoms with Gasteiger partial charge in [-0.25, -0.2) is 4.98 Å². The van der Waals surface area contributed by atoms with Crippen LogP contribution in [0.5, 0.6) is 11.5 Å². The summed E-state index contributed by atoms with van der Waals surface area (Å²) in [5.74, 6) is -0.235. The highest BCUT2D eigenvalue weighted by Gasteiger charge is 2.47. The predicted octanol–water partition coefficient (Wildman–Crippen LogP) is 6.65. The van der Waals surface area contributed by atoms with Crippen molar-refractivity contribution in [3.05, 3.63) is 99.2 Å². The molecule has 3 heterocycles. The van der Waals surface area contributed by atoms with Crippen molar-refractivity contribution in [1.29, 1.82) is 0 Å². The normalized spacial score (nSPS) is 14.9. The molecule has 0 saturated carbocycles. The molecule has 5 rings (SSSR count). The van der Waals surface area contributed by atoms with Crippen LogP contribution in [0.1, 0.15) is 44.5 Å². The number of aryl methyl sites for hydroxylation is 2. The molecule has 1 amide bonds. The maximum Gasteiger partial charge on any atom is 0.296 e. The van der Waals surface area contributed by atoms with Gasteiger partial charge < -0.3 is 14.6 Å². The number of rotatable bonds is 12. The molecule has 0 fully saturated rings. The second-order valence-corrected chi connectivity index (χ2v) is 12.6. The van der Waals surface area contributed by atoms with E-state index in [0.717, 1.165) is 5.56 Å². The quantitative estimate of drug-likeness (QED) is 0.0804. The number of aliphatic hydroxyl groups excluding tert-OH is 1.